The van der Waals surface area contributed by atoms with Crippen molar-refractivity contribution >= 4 is 6.09 Å². The van der Waals surface area contributed by atoms with E-state index >= 15 is 0 Å². The number of hydrogen-bond acceptors (Lipinski definition) is 3. The molecule has 0 aromatic heterocycles. The summed E-state index contributed by atoms with van der Waals surface area (Å²) in [6.45, 7) is 14.3. The Kier molecular flexibility index (Phi) is 9.24. The van der Waals surface area contributed by atoms with E-state index in [0.29, 0.717) is 18.8 Å². The van der Waals surface area contributed by atoms with E-state index in [1.165, 1.54) is 16.7 Å². The summed E-state index contributed by atoms with van der Waals surface area (Å²) in [6.07, 6.45) is -0.443. The first-order valence-electron chi connectivity index (χ1n) is 11.4. The molecule has 0 unspecified atom stereocenters. The first-order chi connectivity index (χ1) is 15.5. The molecular weight excluding hydrogens is 408 g/mol. The van der Waals surface area contributed by atoms with Gasteiger partial charge in [-0.3, -0.25) is 0 Å². The number of ether oxygens (including phenoxy) is 1. The largest absolute Gasteiger partial charge is 0.412 e. The molecule has 0 fully saturated rings. The highest BCUT2D eigenvalue weighted by Gasteiger charge is 2.13. The Bertz CT molecular complexity index is 981. The highest BCUT2D eigenvalue weighted by Crippen LogP contribution is 2.23. The smallest absolute Gasteiger partial charge is 0.410 e. The van der Waals surface area contributed by atoms with Gasteiger partial charge in [0.05, 0.1) is 0 Å². The Morgan fingerprint density at radius 1 is 0.727 bits per heavy atom. The molecule has 0 aliphatic heterocycles. The van der Waals surface area contributed by atoms with Gasteiger partial charge in [-0.05, 0) is 45.2 Å². The lowest BCUT2D eigenvalue weighted by Crippen LogP contribution is -2.26. The molecule has 0 saturated carbocycles. The molecule has 3 N–H and O–H groups in total. The second kappa shape index (κ2) is 11.7. The van der Waals surface area contributed by atoms with Crippen molar-refractivity contribution in [1.29, 1.82) is 0 Å². The maximum Gasteiger partial charge on any atom is 0.412 e. The quantitative estimate of drug-likeness (QED) is 0.468. The van der Waals surface area contributed by atoms with Crippen LogP contribution in [0.3, 0.4) is 0 Å². The van der Waals surface area contributed by atoms with Crippen LogP contribution >= 0.6 is 0 Å². The van der Waals surface area contributed by atoms with Crippen molar-refractivity contribution in [3.05, 3.63) is 101 Å². The van der Waals surface area contributed by atoms with Gasteiger partial charge in [-0.15, -0.1) is 0 Å². The average Bonchev–Trinajstić information content (AvgIpc) is 2.78. The average molecular weight is 447 g/mol. The van der Waals surface area contributed by atoms with Crippen LogP contribution in [0.15, 0.2) is 78.9 Å². The normalized spacial score (nSPS) is 11.2. The Balaban J connectivity index is 0.000000273. The fourth-order valence-electron chi connectivity index (χ4n) is 3.07. The lowest BCUT2D eigenvalue weighted by molar-refractivity contribution is 0.200. The van der Waals surface area contributed by atoms with Gasteiger partial charge in [-0.1, -0.05) is 108 Å². The Labute approximate surface area is 199 Å². The molecule has 176 valence electrons. The number of amides is 1. The van der Waals surface area contributed by atoms with E-state index in [-0.39, 0.29) is 10.8 Å². The van der Waals surface area contributed by atoms with Crippen molar-refractivity contribution in [1.82, 2.24) is 5.32 Å². The van der Waals surface area contributed by atoms with Gasteiger partial charge >= 0.3 is 6.09 Å². The van der Waals surface area contributed by atoms with Gasteiger partial charge in [-0.2, -0.15) is 0 Å². The summed E-state index contributed by atoms with van der Waals surface area (Å²) < 4.78 is 5.16. The molecule has 0 radical (unpaired) electrons. The van der Waals surface area contributed by atoms with Gasteiger partial charge in [0.25, 0.3) is 0 Å². The molecule has 3 aromatic rings. The van der Waals surface area contributed by atoms with Crippen molar-refractivity contribution in [2.24, 2.45) is 5.73 Å². The predicted octanol–water partition coefficient (Wildman–Crippen LogP) is 6.72. The summed E-state index contributed by atoms with van der Waals surface area (Å²) >= 11 is 0. The minimum atomic E-state index is -0.443. The summed E-state index contributed by atoms with van der Waals surface area (Å²) in [7, 11) is 0. The maximum absolute atomic E-state index is 11.7. The van der Waals surface area contributed by atoms with Gasteiger partial charge in [0.2, 0.25) is 0 Å². The lowest BCUT2D eigenvalue weighted by Gasteiger charge is -2.19. The molecule has 1 amide bonds. The third kappa shape index (κ3) is 9.11. The standard InChI is InChI=1S/C18H21NO2.C11H17N/c1-18(2,3)15-11-9-14(10-12-15)13-19-17(20)21-16-7-5-4-6-8-16;1-11(2,3)10-6-4-9(8-12)5-7-10/h4-12H,13H2,1-3H3,(H,19,20);4-7H,8,12H2,1-3H3. The van der Waals surface area contributed by atoms with Gasteiger partial charge in [0.1, 0.15) is 5.75 Å². The van der Waals surface area contributed by atoms with Crippen LogP contribution in [-0.2, 0) is 23.9 Å². The van der Waals surface area contributed by atoms with E-state index in [9.17, 15) is 4.79 Å². The van der Waals surface area contributed by atoms with Gasteiger partial charge < -0.3 is 15.8 Å². The highest BCUT2D eigenvalue weighted by molar-refractivity contribution is 5.70. The first-order valence-corrected chi connectivity index (χ1v) is 11.4. The third-order valence-electron chi connectivity index (χ3n) is 5.27. The van der Waals surface area contributed by atoms with E-state index in [1.54, 1.807) is 12.1 Å². The highest BCUT2D eigenvalue weighted by atomic mass is 16.6. The molecule has 33 heavy (non-hydrogen) atoms. The Morgan fingerprint density at radius 2 is 1.18 bits per heavy atom. The summed E-state index contributed by atoms with van der Waals surface area (Å²) in [5, 5.41) is 2.74. The van der Waals surface area contributed by atoms with E-state index in [0.717, 1.165) is 5.56 Å². The molecule has 0 aliphatic rings. The van der Waals surface area contributed by atoms with Gasteiger partial charge in [0.15, 0.2) is 0 Å². The molecule has 4 heteroatoms. The summed E-state index contributed by atoms with van der Waals surface area (Å²) in [4.78, 5) is 11.7. The lowest BCUT2D eigenvalue weighted by atomic mass is 9.87. The van der Waals surface area contributed by atoms with Crippen LogP contribution in [0, 0.1) is 0 Å². The van der Waals surface area contributed by atoms with Crippen LogP contribution in [0.1, 0.15) is 63.8 Å². The summed E-state index contributed by atoms with van der Waals surface area (Å²) in [6, 6.07) is 25.8. The van der Waals surface area contributed by atoms with Gasteiger partial charge in [-0.25, -0.2) is 4.79 Å². The zero-order valence-electron chi connectivity index (χ0n) is 20.8. The second-order valence-corrected chi connectivity index (χ2v) is 10.2. The molecule has 0 saturated heterocycles. The Morgan fingerprint density at radius 3 is 1.61 bits per heavy atom. The third-order valence-corrected chi connectivity index (χ3v) is 5.27. The van der Waals surface area contributed by atoms with Crippen LogP contribution in [-0.4, -0.2) is 6.09 Å². The minimum absolute atomic E-state index is 0.137. The van der Waals surface area contributed by atoms with Crippen LogP contribution < -0.4 is 15.8 Å². The number of nitrogens with two attached hydrogens (primary N) is 1. The summed E-state index contributed by atoms with van der Waals surface area (Å²) in [5.74, 6) is 0.540. The van der Waals surface area contributed by atoms with Crippen LogP contribution in [0.2, 0.25) is 0 Å². The fraction of sp³-hybridized carbons (Fsp3) is 0.345. The fourth-order valence-corrected chi connectivity index (χ4v) is 3.07. The monoisotopic (exact) mass is 446 g/mol. The summed E-state index contributed by atoms with van der Waals surface area (Å²) in [5.41, 5.74) is 10.8. The van der Waals surface area contributed by atoms with Crippen LogP contribution in [0.5, 0.6) is 5.75 Å². The predicted molar refractivity (Wildman–Crippen MR) is 137 cm³/mol. The SMILES string of the molecule is CC(C)(C)c1ccc(CN)cc1.CC(C)(C)c1ccc(CNC(=O)Oc2ccccc2)cc1. The molecule has 0 atom stereocenters. The van der Waals surface area contributed by atoms with Crippen molar-refractivity contribution in [3.8, 4) is 5.75 Å². The van der Waals surface area contributed by atoms with E-state index < -0.39 is 6.09 Å². The molecule has 0 aliphatic carbocycles. The molecule has 0 heterocycles. The number of rotatable bonds is 4. The minimum Gasteiger partial charge on any atom is -0.410 e. The first kappa shape index (κ1) is 26.1. The topological polar surface area (TPSA) is 64.3 Å². The number of para-hydroxylation sites is 1. The van der Waals surface area contributed by atoms with Crippen molar-refractivity contribution in [3.63, 3.8) is 0 Å². The molecule has 4 nitrogen and oxygen atoms in total. The molecule has 0 bridgehead atoms. The second-order valence-electron chi connectivity index (χ2n) is 10.2. The van der Waals surface area contributed by atoms with Crippen molar-refractivity contribution in [2.75, 3.05) is 0 Å². The van der Waals surface area contributed by atoms with Crippen LogP contribution in [0.25, 0.3) is 0 Å². The molecule has 0 spiro atoms. The zero-order chi connectivity index (χ0) is 24.5. The van der Waals surface area contributed by atoms with Gasteiger partial charge in [0, 0.05) is 13.1 Å². The number of benzene rings is 3. The van der Waals surface area contributed by atoms with E-state index in [2.05, 4.69) is 83.3 Å². The van der Waals surface area contributed by atoms with Crippen molar-refractivity contribution < 1.29 is 9.53 Å². The number of nitrogens with one attached hydrogen (secondary N) is 1. The number of carbonyl (C=O) groups excluding carboxylic acids is 1. The molecule has 3 rings (SSSR count). The van der Waals surface area contributed by atoms with E-state index in [4.69, 9.17) is 10.5 Å². The maximum atomic E-state index is 11.7. The Hall–Kier alpha value is -3.11. The van der Waals surface area contributed by atoms with Crippen molar-refractivity contribution in [2.45, 2.75) is 65.5 Å². The van der Waals surface area contributed by atoms with E-state index in [1.807, 2.05) is 30.3 Å². The molecule has 3 aromatic carbocycles. The molecular formula is C29H38N2O2. The van der Waals surface area contributed by atoms with Crippen LogP contribution in [0.4, 0.5) is 4.79 Å². The number of hydrogen-bond donors (Lipinski definition) is 2. The number of carbonyl (C=O) groups is 1. The zero-order valence-corrected chi connectivity index (χ0v) is 20.8.